The van der Waals surface area contributed by atoms with Crippen LogP contribution in [0.5, 0.6) is 0 Å². The lowest BCUT2D eigenvalue weighted by molar-refractivity contribution is 0.0696. The summed E-state index contributed by atoms with van der Waals surface area (Å²) < 4.78 is 0. The number of carbonyl (C=O) groups is 2. The molecule has 0 aliphatic heterocycles. The monoisotopic (exact) mass is 180 g/mol. The molecule has 4 N–H and O–H groups in total. The summed E-state index contributed by atoms with van der Waals surface area (Å²) in [5.41, 5.74) is 4.55. The number of hydrogen-bond acceptors (Lipinski definition) is 3. The zero-order valence-corrected chi connectivity index (χ0v) is 6.44. The summed E-state index contributed by atoms with van der Waals surface area (Å²) >= 11 is 0. The predicted molar refractivity (Wildman–Crippen MR) is 43.6 cm³/mol. The summed E-state index contributed by atoms with van der Waals surface area (Å²) in [6.07, 6.45) is 0. The Bertz CT molecular complexity index is 340. The highest BCUT2D eigenvalue weighted by Crippen LogP contribution is 2.16. The molecule has 5 heteroatoms. The van der Waals surface area contributed by atoms with Gasteiger partial charge in [-0.1, -0.05) is 0 Å². The Morgan fingerprint density at radius 1 is 1.15 bits per heavy atom. The molecule has 1 aromatic rings. The Morgan fingerprint density at radius 3 is 1.85 bits per heavy atom. The Morgan fingerprint density at radius 2 is 1.54 bits per heavy atom. The van der Waals surface area contributed by atoms with Gasteiger partial charge in [-0.05, 0) is 18.2 Å². The van der Waals surface area contributed by atoms with Crippen LogP contribution >= 0.6 is 0 Å². The zero-order chi connectivity index (χ0) is 10.0. The van der Waals surface area contributed by atoms with Crippen molar-refractivity contribution in [3.63, 3.8) is 0 Å². The quantitative estimate of drug-likeness (QED) is 0.574. The van der Waals surface area contributed by atoms with E-state index in [0.29, 0.717) is 0 Å². The van der Waals surface area contributed by atoms with Crippen LogP contribution in [0.15, 0.2) is 12.1 Å². The molecular weight excluding hydrogens is 174 g/mol. The first-order valence-electron chi connectivity index (χ1n) is 3.30. The van der Waals surface area contributed by atoms with Crippen LogP contribution in [0.3, 0.4) is 0 Å². The first-order valence-corrected chi connectivity index (χ1v) is 3.30. The van der Waals surface area contributed by atoms with E-state index >= 15 is 0 Å². The molecule has 0 spiro atoms. The lowest BCUT2D eigenvalue weighted by atomic mass is 10.1. The fourth-order valence-electron chi connectivity index (χ4n) is 0.863. The number of anilines is 1. The zero-order valence-electron chi connectivity index (χ0n) is 6.44. The fourth-order valence-corrected chi connectivity index (χ4v) is 0.863. The predicted octanol–water partition coefficient (Wildman–Crippen LogP) is 0.465. The van der Waals surface area contributed by atoms with Crippen molar-refractivity contribution in [3.05, 3.63) is 29.3 Å². The number of aromatic carboxylic acids is 2. The van der Waals surface area contributed by atoms with Crippen LogP contribution in [0.1, 0.15) is 20.7 Å². The van der Waals surface area contributed by atoms with E-state index in [4.69, 9.17) is 15.9 Å². The van der Waals surface area contributed by atoms with Crippen molar-refractivity contribution in [2.24, 2.45) is 0 Å². The molecule has 1 radical (unpaired) electrons. The van der Waals surface area contributed by atoms with E-state index in [9.17, 15) is 9.59 Å². The smallest absolute Gasteiger partial charge is 0.337 e. The van der Waals surface area contributed by atoms with E-state index in [-0.39, 0.29) is 16.8 Å². The molecule has 0 saturated heterocycles. The molecule has 1 rings (SSSR count). The van der Waals surface area contributed by atoms with Gasteiger partial charge in [0.25, 0.3) is 0 Å². The SMILES string of the molecule is Nc1c(C(=O)O)c[c]cc1C(=O)O. The molecule has 5 nitrogen and oxygen atoms in total. The van der Waals surface area contributed by atoms with Crippen molar-refractivity contribution in [3.8, 4) is 0 Å². The van der Waals surface area contributed by atoms with Gasteiger partial charge < -0.3 is 15.9 Å². The standard InChI is InChI=1S/C8H6NO4/c9-6-4(7(10)11)2-1-3-5(6)8(12)13/h2-3H,9H2,(H,10,11)(H,12,13). The van der Waals surface area contributed by atoms with Gasteiger partial charge in [0.2, 0.25) is 0 Å². The number of rotatable bonds is 2. The van der Waals surface area contributed by atoms with Crippen LogP contribution in [-0.4, -0.2) is 22.2 Å². The minimum atomic E-state index is -1.27. The number of carboxylic acids is 2. The van der Waals surface area contributed by atoms with Gasteiger partial charge in [-0.25, -0.2) is 9.59 Å². The van der Waals surface area contributed by atoms with Gasteiger partial charge in [-0.2, -0.15) is 0 Å². The second kappa shape index (κ2) is 3.14. The molecular formula is C8H6NO4. The lowest BCUT2D eigenvalue weighted by Gasteiger charge is -2.02. The van der Waals surface area contributed by atoms with Crippen molar-refractivity contribution in [1.82, 2.24) is 0 Å². The molecule has 0 aliphatic rings. The number of nitrogens with two attached hydrogens (primary N) is 1. The number of hydrogen-bond donors (Lipinski definition) is 3. The van der Waals surface area contributed by atoms with E-state index in [1.165, 1.54) is 0 Å². The second-order valence-electron chi connectivity index (χ2n) is 2.31. The summed E-state index contributed by atoms with van der Waals surface area (Å²) in [4.78, 5) is 21.0. The summed E-state index contributed by atoms with van der Waals surface area (Å²) in [6.45, 7) is 0. The van der Waals surface area contributed by atoms with Gasteiger partial charge in [0, 0.05) is 0 Å². The first-order chi connectivity index (χ1) is 6.04. The second-order valence-corrected chi connectivity index (χ2v) is 2.31. The highest BCUT2D eigenvalue weighted by Gasteiger charge is 2.14. The fraction of sp³-hybridized carbons (Fsp3) is 0. The van der Waals surface area contributed by atoms with E-state index in [0.717, 1.165) is 12.1 Å². The van der Waals surface area contributed by atoms with E-state index in [1.807, 2.05) is 0 Å². The summed E-state index contributed by atoms with van der Waals surface area (Å²) in [7, 11) is 0. The third kappa shape index (κ3) is 1.58. The number of carboxylic acid groups (broad SMARTS) is 2. The molecule has 0 heterocycles. The van der Waals surface area contributed by atoms with Gasteiger partial charge in [0.15, 0.2) is 0 Å². The molecule has 13 heavy (non-hydrogen) atoms. The van der Waals surface area contributed by atoms with E-state index < -0.39 is 11.9 Å². The highest BCUT2D eigenvalue weighted by molar-refractivity contribution is 6.02. The molecule has 0 amide bonds. The third-order valence-corrected chi connectivity index (χ3v) is 1.50. The van der Waals surface area contributed by atoms with Crippen LogP contribution < -0.4 is 5.73 Å². The molecule has 0 aromatic heterocycles. The molecule has 1 aromatic carbocycles. The van der Waals surface area contributed by atoms with Gasteiger partial charge in [0.1, 0.15) is 0 Å². The summed E-state index contributed by atoms with van der Waals surface area (Å²) in [5, 5.41) is 17.2. The number of benzene rings is 1. The van der Waals surface area contributed by atoms with Crippen molar-refractivity contribution in [2.45, 2.75) is 0 Å². The van der Waals surface area contributed by atoms with Crippen LogP contribution in [0.25, 0.3) is 0 Å². The largest absolute Gasteiger partial charge is 0.478 e. The van der Waals surface area contributed by atoms with Crippen LogP contribution in [0, 0.1) is 6.07 Å². The summed E-state index contributed by atoms with van der Waals surface area (Å²) in [5.74, 6) is -2.53. The highest BCUT2D eigenvalue weighted by atomic mass is 16.4. The Kier molecular flexibility index (Phi) is 2.19. The molecule has 0 aliphatic carbocycles. The average molecular weight is 180 g/mol. The summed E-state index contributed by atoms with van der Waals surface area (Å²) in [6, 6.07) is 4.65. The maximum absolute atomic E-state index is 10.5. The lowest BCUT2D eigenvalue weighted by Crippen LogP contribution is -2.08. The molecule has 0 saturated carbocycles. The van der Waals surface area contributed by atoms with Crippen molar-refractivity contribution in [2.75, 3.05) is 5.73 Å². The Hall–Kier alpha value is -2.04. The van der Waals surface area contributed by atoms with E-state index in [1.54, 1.807) is 0 Å². The normalized spacial score (nSPS) is 9.54. The first kappa shape index (κ1) is 9.05. The van der Waals surface area contributed by atoms with Crippen molar-refractivity contribution >= 4 is 17.6 Å². The number of nitrogen functional groups attached to an aromatic ring is 1. The van der Waals surface area contributed by atoms with Crippen molar-refractivity contribution < 1.29 is 19.8 Å². The molecule has 67 valence electrons. The molecule has 0 fully saturated rings. The molecule has 0 unspecified atom stereocenters. The Labute approximate surface area is 73.4 Å². The maximum atomic E-state index is 10.5. The maximum Gasteiger partial charge on any atom is 0.337 e. The van der Waals surface area contributed by atoms with Crippen molar-refractivity contribution in [1.29, 1.82) is 0 Å². The molecule has 0 bridgehead atoms. The average Bonchev–Trinajstić information content (AvgIpc) is 2.03. The minimum Gasteiger partial charge on any atom is -0.478 e. The van der Waals surface area contributed by atoms with Crippen LogP contribution in [0.4, 0.5) is 5.69 Å². The van der Waals surface area contributed by atoms with Crippen LogP contribution in [-0.2, 0) is 0 Å². The third-order valence-electron chi connectivity index (χ3n) is 1.50. The van der Waals surface area contributed by atoms with Gasteiger partial charge in [-0.3, -0.25) is 0 Å². The van der Waals surface area contributed by atoms with Gasteiger partial charge >= 0.3 is 11.9 Å². The van der Waals surface area contributed by atoms with E-state index in [2.05, 4.69) is 6.07 Å². The minimum absolute atomic E-state index is 0.250. The topological polar surface area (TPSA) is 101 Å². The van der Waals surface area contributed by atoms with Gasteiger partial charge in [0.05, 0.1) is 16.8 Å². The van der Waals surface area contributed by atoms with Crippen LogP contribution in [0.2, 0.25) is 0 Å². The Balaban J connectivity index is 3.35. The van der Waals surface area contributed by atoms with Gasteiger partial charge in [-0.15, -0.1) is 0 Å². The molecule has 0 atom stereocenters.